The summed E-state index contributed by atoms with van der Waals surface area (Å²) < 4.78 is 0. The molecule has 0 N–H and O–H groups in total. The molecular formula is C2H2AsCl. The van der Waals surface area contributed by atoms with Crippen LogP contribution in [0.1, 0.15) is 0 Å². The van der Waals surface area contributed by atoms with Crippen LogP contribution in [0.3, 0.4) is 0 Å². The summed E-state index contributed by atoms with van der Waals surface area (Å²) in [7, 11) is 0. The van der Waals surface area contributed by atoms with Crippen molar-refractivity contribution in [2.45, 2.75) is 0 Å². The van der Waals surface area contributed by atoms with Gasteiger partial charge in [-0.3, -0.25) is 0 Å². The molecule has 0 aromatic heterocycles. The van der Waals surface area contributed by atoms with Gasteiger partial charge < -0.3 is 0 Å². The molecular weight excluding hydrogens is 134 g/mol. The standard InChI is InChI=1S/C2H2AsCl/c3-1-2-4/h1-2H/b2-1+. The van der Waals surface area contributed by atoms with Crippen LogP contribution in [0, 0.1) is 0 Å². The van der Waals surface area contributed by atoms with Crippen LogP contribution in [0.15, 0.2) is 10.4 Å². The van der Waals surface area contributed by atoms with Crippen LogP contribution >= 0.6 is 11.6 Å². The number of hydrogen-bond donors (Lipinski definition) is 0. The van der Waals surface area contributed by atoms with Gasteiger partial charge in [0.05, 0.1) is 0 Å². The van der Waals surface area contributed by atoms with E-state index < -0.39 is 0 Å². The predicted molar refractivity (Wildman–Crippen MR) is 20.7 cm³/mol. The van der Waals surface area contributed by atoms with E-state index in [9.17, 15) is 0 Å². The Kier molecular flexibility index (Phi) is 4.12. The molecule has 0 heterocycles. The molecule has 0 saturated carbocycles. The van der Waals surface area contributed by atoms with Gasteiger partial charge in [0, 0.05) is 0 Å². The van der Waals surface area contributed by atoms with Crippen molar-refractivity contribution in [3.05, 3.63) is 10.4 Å². The van der Waals surface area contributed by atoms with Crippen molar-refractivity contribution in [3.63, 3.8) is 0 Å². The van der Waals surface area contributed by atoms with E-state index in [-0.39, 0.29) is 0 Å². The Morgan fingerprint density at radius 2 is 2.00 bits per heavy atom. The molecule has 0 saturated heterocycles. The third kappa shape index (κ3) is 2.59. The summed E-state index contributed by atoms with van der Waals surface area (Å²) in [4.78, 5) is 1.70. The molecule has 0 aliphatic heterocycles. The van der Waals surface area contributed by atoms with Gasteiger partial charge in [0.15, 0.2) is 0 Å². The second kappa shape index (κ2) is 3.59. The molecule has 2 heteroatoms. The van der Waals surface area contributed by atoms with Gasteiger partial charge in [0.2, 0.25) is 0 Å². The molecule has 4 heavy (non-hydrogen) atoms. The summed E-state index contributed by atoms with van der Waals surface area (Å²) in [5.41, 5.74) is 1.44. The van der Waals surface area contributed by atoms with Crippen molar-refractivity contribution < 1.29 is 0 Å². The Bertz CT molecular complexity index is 21.2. The average molecular weight is 136 g/mol. The molecule has 0 aliphatic rings. The fraction of sp³-hybridized carbons (Fsp3) is 0. The second-order valence-corrected chi connectivity index (χ2v) is 1.15. The monoisotopic (exact) mass is 136 g/mol. The second-order valence-electron chi connectivity index (χ2n) is 0.275. The molecule has 0 aromatic rings. The van der Waals surface area contributed by atoms with E-state index in [1.165, 1.54) is 5.54 Å². The minimum absolute atomic E-state index is 1.44. The number of rotatable bonds is 0. The maximum absolute atomic E-state index is 4.99. The first kappa shape index (κ1) is 4.59. The fourth-order valence-corrected chi connectivity index (χ4v) is 0. The van der Waals surface area contributed by atoms with Crippen LogP contribution in [0.25, 0.3) is 0 Å². The first-order chi connectivity index (χ1) is 1.91. The van der Waals surface area contributed by atoms with E-state index in [1.807, 2.05) is 0 Å². The number of hydrogen-bond acceptors (Lipinski definition) is 0. The van der Waals surface area contributed by atoms with E-state index in [2.05, 4.69) is 16.9 Å². The molecule has 0 fully saturated rings. The van der Waals surface area contributed by atoms with Crippen LogP contribution in [-0.2, 0) is 0 Å². The molecule has 0 rings (SSSR count). The third-order valence-electron chi connectivity index (χ3n) is 0.0563. The van der Waals surface area contributed by atoms with Crippen molar-refractivity contribution in [3.8, 4) is 0 Å². The molecule has 2 radical (unpaired) electrons. The summed E-state index contributed by atoms with van der Waals surface area (Å²) in [6.07, 6.45) is 0. The van der Waals surface area contributed by atoms with Crippen LogP contribution in [-0.4, -0.2) is 16.9 Å². The summed E-state index contributed by atoms with van der Waals surface area (Å²) in [6.45, 7) is 0. The normalized spacial score (nSPS) is 9.50. The molecule has 0 amide bonds. The van der Waals surface area contributed by atoms with E-state index in [1.54, 1.807) is 4.86 Å². The van der Waals surface area contributed by atoms with E-state index in [0.29, 0.717) is 0 Å². The Hall–Kier alpha value is 0.588. The van der Waals surface area contributed by atoms with Crippen molar-refractivity contribution in [1.82, 2.24) is 0 Å². The van der Waals surface area contributed by atoms with Gasteiger partial charge in [-0.1, -0.05) is 0 Å². The molecule has 0 nitrogen and oxygen atoms in total. The Labute approximate surface area is 39.3 Å². The Morgan fingerprint density at radius 3 is 2.00 bits per heavy atom. The predicted octanol–water partition coefficient (Wildman–Crippen LogP) is 0.865. The van der Waals surface area contributed by atoms with Gasteiger partial charge in [-0.25, -0.2) is 0 Å². The maximum atomic E-state index is 4.99. The number of halogens is 1. The summed E-state index contributed by atoms with van der Waals surface area (Å²) in [6, 6.07) is 0. The van der Waals surface area contributed by atoms with E-state index >= 15 is 0 Å². The quantitative estimate of drug-likeness (QED) is 0.434. The van der Waals surface area contributed by atoms with Crippen molar-refractivity contribution in [2.75, 3.05) is 0 Å². The third-order valence-corrected chi connectivity index (χ3v) is 0.878. The van der Waals surface area contributed by atoms with Crippen molar-refractivity contribution in [1.29, 1.82) is 0 Å². The zero-order valence-corrected chi connectivity index (χ0v) is 4.61. The van der Waals surface area contributed by atoms with Crippen molar-refractivity contribution >= 4 is 28.5 Å². The zero-order valence-electron chi connectivity index (χ0n) is 1.98. The SMILES string of the molecule is Cl/C=C/[As]. The van der Waals surface area contributed by atoms with Crippen LogP contribution in [0.2, 0.25) is 0 Å². The zero-order chi connectivity index (χ0) is 3.41. The first-order valence-electron chi connectivity index (χ1n) is 0.810. The van der Waals surface area contributed by atoms with Gasteiger partial charge in [-0.05, 0) is 0 Å². The minimum atomic E-state index is 1.44. The van der Waals surface area contributed by atoms with Gasteiger partial charge >= 0.3 is 38.9 Å². The van der Waals surface area contributed by atoms with E-state index in [0.717, 1.165) is 0 Å². The molecule has 0 aliphatic carbocycles. The van der Waals surface area contributed by atoms with E-state index in [4.69, 9.17) is 11.6 Å². The fourth-order valence-electron chi connectivity index (χ4n) is 0. The van der Waals surface area contributed by atoms with Crippen molar-refractivity contribution in [2.24, 2.45) is 0 Å². The Balaban J connectivity index is 2.55. The van der Waals surface area contributed by atoms with Crippen LogP contribution in [0.5, 0.6) is 0 Å². The Morgan fingerprint density at radius 1 is 1.75 bits per heavy atom. The molecule has 0 unspecified atom stereocenters. The summed E-state index contributed by atoms with van der Waals surface area (Å²) >= 11 is 7.21. The molecule has 0 atom stereocenters. The molecule has 0 aromatic carbocycles. The average Bonchev–Trinajstić information content (AvgIpc) is 1.37. The van der Waals surface area contributed by atoms with Gasteiger partial charge in [0.25, 0.3) is 0 Å². The van der Waals surface area contributed by atoms with Gasteiger partial charge in [0.1, 0.15) is 0 Å². The van der Waals surface area contributed by atoms with Gasteiger partial charge in [-0.15, -0.1) is 0 Å². The van der Waals surface area contributed by atoms with Crippen LogP contribution < -0.4 is 0 Å². The summed E-state index contributed by atoms with van der Waals surface area (Å²) in [5.74, 6) is 0. The summed E-state index contributed by atoms with van der Waals surface area (Å²) in [5, 5.41) is 0. The molecule has 22 valence electrons. The van der Waals surface area contributed by atoms with Crippen LogP contribution in [0.4, 0.5) is 0 Å². The molecule has 0 spiro atoms. The molecule has 0 bridgehead atoms. The first-order valence-corrected chi connectivity index (χ1v) is 2.33. The van der Waals surface area contributed by atoms with Gasteiger partial charge in [-0.2, -0.15) is 0 Å². The topological polar surface area (TPSA) is 0 Å².